The summed E-state index contributed by atoms with van der Waals surface area (Å²) in [4.78, 5) is 37.1. The molecule has 0 spiro atoms. The van der Waals surface area contributed by atoms with Crippen molar-refractivity contribution in [2.75, 3.05) is 6.54 Å². The molecule has 2 aromatic rings. The zero-order valence-corrected chi connectivity index (χ0v) is 15.4. The summed E-state index contributed by atoms with van der Waals surface area (Å²) < 4.78 is 5.56. The highest BCUT2D eigenvalue weighted by Crippen LogP contribution is 2.31. The van der Waals surface area contributed by atoms with Gasteiger partial charge in [-0.3, -0.25) is 9.59 Å². The van der Waals surface area contributed by atoms with Crippen molar-refractivity contribution >= 4 is 17.8 Å². The summed E-state index contributed by atoms with van der Waals surface area (Å²) in [5.74, 6) is -0.832. The molecule has 0 saturated carbocycles. The number of benzene rings is 2. The standard InChI is InChI=1S/C22H22N2O4/c25-20(24-18-8-4-5-11-23-21(18)26)15-9-10-17-16(12-15)13-19(28-22(17)27)14-6-2-1-3-7-14/h1-3,6-7,9-10,12,18-19H,4-5,8,11,13H2,(H,23,26)(H,24,25)/t18-,19+/m1/s1. The summed E-state index contributed by atoms with van der Waals surface area (Å²) in [6.45, 7) is 0.646. The van der Waals surface area contributed by atoms with E-state index in [1.807, 2.05) is 30.3 Å². The second-order valence-electron chi connectivity index (χ2n) is 7.19. The molecule has 2 heterocycles. The largest absolute Gasteiger partial charge is 0.454 e. The van der Waals surface area contributed by atoms with Crippen molar-refractivity contribution in [3.8, 4) is 0 Å². The van der Waals surface area contributed by atoms with E-state index < -0.39 is 6.04 Å². The molecule has 2 atom stereocenters. The highest BCUT2D eigenvalue weighted by Gasteiger charge is 2.29. The van der Waals surface area contributed by atoms with Gasteiger partial charge in [-0.25, -0.2) is 4.79 Å². The van der Waals surface area contributed by atoms with Crippen LogP contribution < -0.4 is 10.6 Å². The fourth-order valence-electron chi connectivity index (χ4n) is 3.71. The van der Waals surface area contributed by atoms with E-state index in [0.717, 1.165) is 24.0 Å². The van der Waals surface area contributed by atoms with Gasteiger partial charge in [-0.15, -0.1) is 0 Å². The van der Waals surface area contributed by atoms with E-state index in [1.165, 1.54) is 0 Å². The summed E-state index contributed by atoms with van der Waals surface area (Å²) >= 11 is 0. The van der Waals surface area contributed by atoms with Crippen LogP contribution in [0.5, 0.6) is 0 Å². The maximum absolute atomic E-state index is 12.7. The third kappa shape index (κ3) is 3.76. The number of cyclic esters (lactones) is 1. The highest BCUT2D eigenvalue weighted by atomic mass is 16.5. The molecule has 2 aliphatic heterocycles. The SMILES string of the molecule is O=C(N[C@@H]1CCCCNC1=O)c1ccc2c(c1)C[C@@H](c1ccccc1)OC2=O. The van der Waals surface area contributed by atoms with Crippen molar-refractivity contribution in [2.45, 2.75) is 37.8 Å². The van der Waals surface area contributed by atoms with Gasteiger partial charge in [-0.05, 0) is 48.6 Å². The van der Waals surface area contributed by atoms with Gasteiger partial charge in [0.15, 0.2) is 0 Å². The van der Waals surface area contributed by atoms with Gasteiger partial charge in [0.1, 0.15) is 12.1 Å². The van der Waals surface area contributed by atoms with Crippen LogP contribution >= 0.6 is 0 Å². The molecule has 2 N–H and O–H groups in total. The van der Waals surface area contributed by atoms with Crippen LogP contribution in [0.2, 0.25) is 0 Å². The van der Waals surface area contributed by atoms with E-state index in [-0.39, 0.29) is 23.9 Å². The number of rotatable bonds is 3. The average molecular weight is 378 g/mol. The van der Waals surface area contributed by atoms with Crippen LogP contribution in [0.15, 0.2) is 48.5 Å². The number of hydrogen-bond donors (Lipinski definition) is 2. The molecule has 0 aliphatic carbocycles. The molecule has 2 aliphatic rings. The van der Waals surface area contributed by atoms with Crippen molar-refractivity contribution < 1.29 is 19.1 Å². The Morgan fingerprint density at radius 1 is 1.07 bits per heavy atom. The lowest BCUT2D eigenvalue weighted by atomic mass is 9.93. The van der Waals surface area contributed by atoms with Gasteiger partial charge in [-0.2, -0.15) is 0 Å². The Morgan fingerprint density at radius 3 is 2.71 bits per heavy atom. The molecule has 1 saturated heterocycles. The molecule has 28 heavy (non-hydrogen) atoms. The number of carbonyl (C=O) groups is 3. The van der Waals surface area contributed by atoms with Gasteiger partial charge in [-0.1, -0.05) is 30.3 Å². The number of esters is 1. The lowest BCUT2D eigenvalue weighted by Crippen LogP contribution is -2.45. The first-order valence-corrected chi connectivity index (χ1v) is 9.59. The van der Waals surface area contributed by atoms with Crippen LogP contribution in [0.4, 0.5) is 0 Å². The number of amides is 2. The minimum atomic E-state index is -0.520. The van der Waals surface area contributed by atoms with E-state index >= 15 is 0 Å². The molecule has 2 aromatic carbocycles. The molecule has 144 valence electrons. The number of carbonyl (C=O) groups excluding carboxylic acids is 3. The van der Waals surface area contributed by atoms with Gasteiger partial charge in [0.2, 0.25) is 5.91 Å². The minimum absolute atomic E-state index is 0.142. The second kappa shape index (κ2) is 7.84. The highest BCUT2D eigenvalue weighted by molar-refractivity contribution is 5.99. The molecule has 0 aromatic heterocycles. The van der Waals surface area contributed by atoms with Gasteiger partial charge in [0.05, 0.1) is 5.56 Å². The zero-order valence-electron chi connectivity index (χ0n) is 15.4. The van der Waals surface area contributed by atoms with Crippen molar-refractivity contribution in [3.05, 3.63) is 70.8 Å². The molecule has 0 bridgehead atoms. The molecule has 6 heteroatoms. The van der Waals surface area contributed by atoms with Crippen LogP contribution in [-0.4, -0.2) is 30.4 Å². The van der Waals surface area contributed by atoms with Gasteiger partial charge >= 0.3 is 5.97 Å². The van der Waals surface area contributed by atoms with Crippen molar-refractivity contribution in [2.24, 2.45) is 0 Å². The van der Waals surface area contributed by atoms with Gasteiger partial charge in [0.25, 0.3) is 5.91 Å². The Hall–Kier alpha value is -3.15. The number of fused-ring (bicyclic) bond motifs is 1. The van der Waals surface area contributed by atoms with E-state index in [2.05, 4.69) is 10.6 Å². The van der Waals surface area contributed by atoms with Crippen LogP contribution in [-0.2, 0) is 16.0 Å². The third-order valence-corrected chi connectivity index (χ3v) is 5.25. The Morgan fingerprint density at radius 2 is 1.89 bits per heavy atom. The van der Waals surface area contributed by atoms with E-state index in [1.54, 1.807) is 18.2 Å². The lowest BCUT2D eigenvalue weighted by Gasteiger charge is -2.25. The lowest BCUT2D eigenvalue weighted by molar-refractivity contribution is -0.122. The van der Waals surface area contributed by atoms with Crippen molar-refractivity contribution in [3.63, 3.8) is 0 Å². The van der Waals surface area contributed by atoms with Gasteiger partial charge < -0.3 is 15.4 Å². The van der Waals surface area contributed by atoms with Crippen LogP contribution in [0.3, 0.4) is 0 Å². The summed E-state index contributed by atoms with van der Waals surface area (Å²) in [7, 11) is 0. The van der Waals surface area contributed by atoms with Crippen LogP contribution in [0, 0.1) is 0 Å². The molecule has 4 rings (SSSR count). The Bertz CT molecular complexity index is 910. The number of hydrogen-bond acceptors (Lipinski definition) is 4. The predicted octanol–water partition coefficient (Wildman–Crippen LogP) is 2.54. The fourth-order valence-corrected chi connectivity index (χ4v) is 3.71. The first-order chi connectivity index (χ1) is 13.6. The molecular formula is C22H22N2O4. The van der Waals surface area contributed by atoms with Crippen LogP contribution in [0.1, 0.15) is 57.2 Å². The van der Waals surface area contributed by atoms with Crippen LogP contribution in [0.25, 0.3) is 0 Å². The van der Waals surface area contributed by atoms with Crippen molar-refractivity contribution in [1.29, 1.82) is 0 Å². The Labute approximate surface area is 163 Å². The first kappa shape index (κ1) is 18.2. The maximum atomic E-state index is 12.7. The second-order valence-corrected chi connectivity index (χ2v) is 7.19. The van der Waals surface area contributed by atoms with E-state index in [0.29, 0.717) is 30.5 Å². The monoisotopic (exact) mass is 378 g/mol. The topological polar surface area (TPSA) is 84.5 Å². The molecular weight excluding hydrogens is 356 g/mol. The molecule has 0 radical (unpaired) electrons. The zero-order chi connectivity index (χ0) is 19.5. The predicted molar refractivity (Wildman–Crippen MR) is 103 cm³/mol. The Balaban J connectivity index is 1.54. The minimum Gasteiger partial charge on any atom is -0.454 e. The summed E-state index contributed by atoms with van der Waals surface area (Å²) in [5, 5.41) is 5.63. The molecule has 6 nitrogen and oxygen atoms in total. The smallest absolute Gasteiger partial charge is 0.339 e. The summed E-state index contributed by atoms with van der Waals surface area (Å²) in [6.07, 6.45) is 2.58. The number of nitrogens with one attached hydrogen (secondary N) is 2. The van der Waals surface area contributed by atoms with Gasteiger partial charge in [0, 0.05) is 18.5 Å². The normalized spacial score (nSPS) is 21.7. The molecule has 0 unspecified atom stereocenters. The van der Waals surface area contributed by atoms with E-state index in [9.17, 15) is 14.4 Å². The molecule has 1 fully saturated rings. The number of ether oxygens (including phenoxy) is 1. The maximum Gasteiger partial charge on any atom is 0.339 e. The quantitative estimate of drug-likeness (QED) is 0.804. The first-order valence-electron chi connectivity index (χ1n) is 9.59. The van der Waals surface area contributed by atoms with Crippen molar-refractivity contribution in [1.82, 2.24) is 10.6 Å². The van der Waals surface area contributed by atoms with E-state index in [4.69, 9.17) is 4.74 Å². The third-order valence-electron chi connectivity index (χ3n) is 5.25. The molecule has 2 amide bonds. The average Bonchev–Trinajstić information content (AvgIpc) is 2.92. The fraction of sp³-hybridized carbons (Fsp3) is 0.318. The Kier molecular flexibility index (Phi) is 5.10. The summed E-state index contributed by atoms with van der Waals surface area (Å²) in [6, 6.07) is 14.0. The summed E-state index contributed by atoms with van der Waals surface area (Å²) in [5.41, 5.74) is 2.63.